The number of nitrogens with zero attached hydrogens (tertiary/aromatic N) is 4. The summed E-state index contributed by atoms with van der Waals surface area (Å²) in [6.45, 7) is 1.69. The molecule has 4 rings (SSSR count). The smallest absolute Gasteiger partial charge is 0.333 e. The Morgan fingerprint density at radius 2 is 1.78 bits per heavy atom. The monoisotopic (exact) mass is 430 g/mol. The van der Waals surface area contributed by atoms with E-state index in [0.29, 0.717) is 23.6 Å². The van der Waals surface area contributed by atoms with E-state index in [1.54, 1.807) is 34.9 Å². The molecule has 0 aliphatic carbocycles. The number of para-hydroxylation sites is 1. The molecule has 1 fully saturated rings. The van der Waals surface area contributed by atoms with E-state index in [1.165, 1.54) is 10.6 Å². The van der Waals surface area contributed by atoms with Gasteiger partial charge in [0.15, 0.2) is 0 Å². The van der Waals surface area contributed by atoms with E-state index in [9.17, 15) is 9.59 Å². The van der Waals surface area contributed by atoms with E-state index in [0.717, 1.165) is 30.5 Å². The van der Waals surface area contributed by atoms with Crippen molar-refractivity contribution in [2.75, 3.05) is 23.7 Å². The Morgan fingerprint density at radius 3 is 2.47 bits per heavy atom. The maximum absolute atomic E-state index is 13.6. The van der Waals surface area contributed by atoms with Gasteiger partial charge < -0.3 is 16.4 Å². The van der Waals surface area contributed by atoms with E-state index in [1.807, 2.05) is 23.1 Å². The fourth-order valence-corrected chi connectivity index (χ4v) is 4.09. The molecule has 0 unspecified atom stereocenters. The first kappa shape index (κ1) is 21.4. The first-order chi connectivity index (χ1) is 15.5. The maximum atomic E-state index is 13.6. The van der Waals surface area contributed by atoms with Gasteiger partial charge in [-0.1, -0.05) is 30.3 Å². The van der Waals surface area contributed by atoms with Crippen molar-refractivity contribution in [3.63, 3.8) is 0 Å². The Balaban J connectivity index is 1.80. The lowest BCUT2D eigenvalue weighted by Crippen LogP contribution is -2.48. The van der Waals surface area contributed by atoms with Crippen molar-refractivity contribution >= 4 is 11.5 Å². The quantitative estimate of drug-likeness (QED) is 0.591. The van der Waals surface area contributed by atoms with Crippen LogP contribution < -0.4 is 27.6 Å². The van der Waals surface area contributed by atoms with Crippen molar-refractivity contribution in [1.82, 2.24) is 9.13 Å². The highest BCUT2D eigenvalue weighted by Crippen LogP contribution is 2.20. The third kappa shape index (κ3) is 4.43. The van der Waals surface area contributed by atoms with Gasteiger partial charge in [0, 0.05) is 30.9 Å². The van der Waals surface area contributed by atoms with Crippen LogP contribution in [0.1, 0.15) is 29.5 Å². The molecule has 0 bridgehead atoms. The fourth-order valence-electron chi connectivity index (χ4n) is 4.09. The summed E-state index contributed by atoms with van der Waals surface area (Å²) >= 11 is 0. The van der Waals surface area contributed by atoms with Gasteiger partial charge in [-0.15, -0.1) is 0 Å². The van der Waals surface area contributed by atoms with Gasteiger partial charge in [-0.3, -0.25) is 13.9 Å². The zero-order valence-corrected chi connectivity index (χ0v) is 17.8. The Hall–Kier alpha value is -3.83. The first-order valence-electron chi connectivity index (χ1n) is 10.6. The predicted molar refractivity (Wildman–Crippen MR) is 125 cm³/mol. The molecule has 0 saturated carbocycles. The molecule has 2 heterocycles. The molecule has 1 aliphatic rings. The predicted octanol–water partition coefficient (Wildman–Crippen LogP) is 1.49. The van der Waals surface area contributed by atoms with Crippen LogP contribution in [0.3, 0.4) is 0 Å². The molecule has 1 aliphatic heterocycles. The van der Waals surface area contributed by atoms with Crippen LogP contribution in [0, 0.1) is 11.3 Å². The van der Waals surface area contributed by atoms with E-state index < -0.39 is 5.69 Å². The SMILES string of the molecule is N#Cc1ccc(Cn2c(=O)cc(N3CCC[C@@H](N)C3)n(Cc3ccccc3N)c2=O)cc1. The molecule has 0 amide bonds. The van der Waals surface area contributed by atoms with Gasteiger partial charge in [0.05, 0.1) is 24.7 Å². The zero-order chi connectivity index (χ0) is 22.7. The van der Waals surface area contributed by atoms with Crippen LogP contribution in [0.15, 0.2) is 64.2 Å². The van der Waals surface area contributed by atoms with Gasteiger partial charge >= 0.3 is 5.69 Å². The van der Waals surface area contributed by atoms with Crippen LogP contribution in [-0.2, 0) is 13.1 Å². The summed E-state index contributed by atoms with van der Waals surface area (Å²) < 4.78 is 2.82. The lowest BCUT2D eigenvalue weighted by molar-refractivity contribution is 0.490. The standard InChI is InChI=1S/C24H26N6O2/c25-13-17-7-9-18(10-8-17)14-30-23(31)12-22(28-11-3-5-20(26)16-28)29(24(30)32)15-19-4-1-2-6-21(19)27/h1-2,4,6-10,12,20H,3,5,11,14-16,26-27H2/t20-/m1/s1. The van der Waals surface area contributed by atoms with Gasteiger partial charge in [0.2, 0.25) is 0 Å². The summed E-state index contributed by atoms with van der Waals surface area (Å²) in [5.74, 6) is 0.564. The Labute approximate surface area is 185 Å². The molecule has 1 aromatic heterocycles. The minimum absolute atomic E-state index is 0.00447. The van der Waals surface area contributed by atoms with Gasteiger partial charge in [-0.25, -0.2) is 4.79 Å². The van der Waals surface area contributed by atoms with Gasteiger partial charge in [-0.2, -0.15) is 5.26 Å². The third-order valence-electron chi connectivity index (χ3n) is 5.85. The number of aromatic nitrogens is 2. The van der Waals surface area contributed by atoms with Crippen molar-refractivity contribution in [3.05, 3.63) is 92.1 Å². The average molecular weight is 431 g/mol. The topological polar surface area (TPSA) is 123 Å². The number of anilines is 2. The van der Waals surface area contributed by atoms with Crippen molar-refractivity contribution in [3.8, 4) is 6.07 Å². The number of hydrogen-bond acceptors (Lipinski definition) is 6. The third-order valence-corrected chi connectivity index (χ3v) is 5.85. The second kappa shape index (κ2) is 9.12. The highest BCUT2D eigenvalue weighted by molar-refractivity contribution is 5.48. The van der Waals surface area contributed by atoms with E-state index in [-0.39, 0.29) is 24.7 Å². The molecular weight excluding hydrogens is 404 g/mol. The molecule has 8 nitrogen and oxygen atoms in total. The van der Waals surface area contributed by atoms with Gasteiger partial charge in [-0.05, 0) is 42.2 Å². The summed E-state index contributed by atoms with van der Waals surface area (Å²) in [5.41, 5.74) is 14.2. The molecule has 4 N–H and O–H groups in total. The second-order valence-electron chi connectivity index (χ2n) is 8.15. The largest absolute Gasteiger partial charge is 0.398 e. The number of nitrogen functional groups attached to an aromatic ring is 1. The summed E-state index contributed by atoms with van der Waals surface area (Å²) in [4.78, 5) is 28.6. The Kier molecular flexibility index (Phi) is 6.10. The molecular formula is C24H26N6O2. The number of nitrogens with two attached hydrogens (primary N) is 2. The molecule has 1 atom stereocenters. The van der Waals surface area contributed by atoms with Gasteiger partial charge in [0.25, 0.3) is 5.56 Å². The first-order valence-corrected chi connectivity index (χ1v) is 10.6. The molecule has 32 heavy (non-hydrogen) atoms. The maximum Gasteiger partial charge on any atom is 0.333 e. The van der Waals surface area contributed by atoms with Crippen LogP contribution in [-0.4, -0.2) is 28.3 Å². The molecule has 2 aromatic carbocycles. The molecule has 1 saturated heterocycles. The lowest BCUT2D eigenvalue weighted by atomic mass is 10.1. The highest BCUT2D eigenvalue weighted by atomic mass is 16.2. The Bertz CT molecular complexity index is 1270. The van der Waals surface area contributed by atoms with Crippen LogP contribution in [0.5, 0.6) is 0 Å². The van der Waals surface area contributed by atoms with Crippen LogP contribution in [0.4, 0.5) is 11.5 Å². The lowest BCUT2D eigenvalue weighted by Gasteiger charge is -2.34. The highest BCUT2D eigenvalue weighted by Gasteiger charge is 2.22. The Morgan fingerprint density at radius 1 is 1.03 bits per heavy atom. The van der Waals surface area contributed by atoms with E-state index >= 15 is 0 Å². The van der Waals surface area contributed by atoms with Crippen molar-refractivity contribution in [1.29, 1.82) is 5.26 Å². The summed E-state index contributed by atoms with van der Waals surface area (Å²) in [6.07, 6.45) is 1.82. The summed E-state index contributed by atoms with van der Waals surface area (Å²) in [6, 6.07) is 17.8. The molecule has 3 aromatic rings. The van der Waals surface area contributed by atoms with Crippen LogP contribution in [0.2, 0.25) is 0 Å². The minimum Gasteiger partial charge on any atom is -0.398 e. The van der Waals surface area contributed by atoms with Gasteiger partial charge in [0.1, 0.15) is 5.82 Å². The van der Waals surface area contributed by atoms with Crippen LogP contribution in [0.25, 0.3) is 0 Å². The fraction of sp³-hybridized carbons (Fsp3) is 0.292. The number of rotatable bonds is 5. The van der Waals surface area contributed by atoms with E-state index in [4.69, 9.17) is 16.7 Å². The molecule has 0 spiro atoms. The van der Waals surface area contributed by atoms with Crippen LogP contribution >= 0.6 is 0 Å². The molecule has 164 valence electrons. The number of hydrogen-bond donors (Lipinski definition) is 2. The minimum atomic E-state index is -0.403. The summed E-state index contributed by atoms with van der Waals surface area (Å²) in [7, 11) is 0. The zero-order valence-electron chi connectivity index (χ0n) is 17.8. The van der Waals surface area contributed by atoms with Crippen molar-refractivity contribution < 1.29 is 0 Å². The summed E-state index contributed by atoms with van der Waals surface area (Å²) in [5, 5.41) is 9.00. The second-order valence-corrected chi connectivity index (χ2v) is 8.15. The molecule has 0 radical (unpaired) electrons. The number of nitriles is 1. The normalized spacial score (nSPS) is 16.0. The van der Waals surface area contributed by atoms with Crippen molar-refractivity contribution in [2.45, 2.75) is 32.0 Å². The molecule has 8 heteroatoms. The van der Waals surface area contributed by atoms with Crippen molar-refractivity contribution in [2.24, 2.45) is 5.73 Å². The number of benzene rings is 2. The van der Waals surface area contributed by atoms with E-state index in [2.05, 4.69) is 6.07 Å². The average Bonchev–Trinajstić information content (AvgIpc) is 2.80. The number of piperidine rings is 1.